The lowest BCUT2D eigenvalue weighted by Gasteiger charge is -2.42. The van der Waals surface area contributed by atoms with Crippen molar-refractivity contribution in [3.05, 3.63) is 41.6 Å². The van der Waals surface area contributed by atoms with Crippen LogP contribution in [-0.2, 0) is 5.41 Å². The van der Waals surface area contributed by atoms with E-state index in [-0.39, 0.29) is 5.41 Å². The molecule has 4 heteroatoms. The zero-order chi connectivity index (χ0) is 12.6. The molecule has 1 aliphatic rings. The van der Waals surface area contributed by atoms with Crippen LogP contribution < -0.4 is 10.5 Å². The number of nitrogens with two attached hydrogens (primary N) is 1. The number of H-pyrrole nitrogens is 1. The van der Waals surface area contributed by atoms with Crippen molar-refractivity contribution in [2.45, 2.75) is 24.7 Å². The first kappa shape index (κ1) is 11.1. The number of aromatic amines is 1. The number of para-hydroxylation sites is 1. The molecule has 0 saturated heterocycles. The van der Waals surface area contributed by atoms with Gasteiger partial charge in [-0.25, -0.2) is 0 Å². The third-order valence-electron chi connectivity index (χ3n) is 3.94. The average Bonchev–Trinajstić information content (AvgIpc) is 2.75. The van der Waals surface area contributed by atoms with Crippen LogP contribution in [0.2, 0.25) is 0 Å². The molecule has 0 amide bonds. The van der Waals surface area contributed by atoms with Crippen LogP contribution in [0.4, 0.5) is 5.82 Å². The van der Waals surface area contributed by atoms with Crippen molar-refractivity contribution in [1.82, 2.24) is 10.2 Å². The highest BCUT2D eigenvalue weighted by Crippen LogP contribution is 2.51. The normalized spacial score (nSPS) is 17.2. The largest absolute Gasteiger partial charge is 0.496 e. The minimum absolute atomic E-state index is 0.00275. The summed E-state index contributed by atoms with van der Waals surface area (Å²) in [6.45, 7) is 0. The molecule has 3 rings (SSSR count). The molecule has 1 saturated carbocycles. The lowest BCUT2D eigenvalue weighted by molar-refractivity contribution is 0.280. The molecule has 3 N–H and O–H groups in total. The summed E-state index contributed by atoms with van der Waals surface area (Å²) in [4.78, 5) is 0. The van der Waals surface area contributed by atoms with E-state index < -0.39 is 0 Å². The average molecular weight is 243 g/mol. The number of rotatable bonds is 3. The molecule has 0 bridgehead atoms. The first-order valence-electron chi connectivity index (χ1n) is 6.21. The van der Waals surface area contributed by atoms with E-state index in [0.717, 1.165) is 24.3 Å². The van der Waals surface area contributed by atoms with E-state index in [0.29, 0.717) is 5.82 Å². The predicted molar refractivity (Wildman–Crippen MR) is 70.6 cm³/mol. The second-order valence-corrected chi connectivity index (χ2v) is 4.84. The summed E-state index contributed by atoms with van der Waals surface area (Å²) in [7, 11) is 1.71. The maximum absolute atomic E-state index is 5.73. The Balaban J connectivity index is 2.11. The van der Waals surface area contributed by atoms with Crippen molar-refractivity contribution in [3.63, 3.8) is 0 Å². The van der Waals surface area contributed by atoms with Gasteiger partial charge in [-0.15, -0.1) is 0 Å². The van der Waals surface area contributed by atoms with Gasteiger partial charge < -0.3 is 10.5 Å². The quantitative estimate of drug-likeness (QED) is 0.870. The fraction of sp³-hybridized carbons (Fsp3) is 0.357. The SMILES string of the molecule is COc1ccccc1C1(c2cc(N)n[nH]2)CCC1. The van der Waals surface area contributed by atoms with Crippen LogP contribution in [0, 0.1) is 0 Å². The summed E-state index contributed by atoms with van der Waals surface area (Å²) in [5.41, 5.74) is 8.04. The number of nitrogens with one attached hydrogen (secondary N) is 1. The van der Waals surface area contributed by atoms with Crippen molar-refractivity contribution in [2.75, 3.05) is 12.8 Å². The lowest BCUT2D eigenvalue weighted by Crippen LogP contribution is -2.36. The van der Waals surface area contributed by atoms with Crippen molar-refractivity contribution in [3.8, 4) is 5.75 Å². The molecule has 2 aromatic rings. The Kier molecular flexibility index (Phi) is 2.51. The fourth-order valence-corrected chi connectivity index (χ4v) is 2.84. The fourth-order valence-electron chi connectivity index (χ4n) is 2.84. The van der Waals surface area contributed by atoms with Crippen LogP contribution in [0.1, 0.15) is 30.5 Å². The van der Waals surface area contributed by atoms with Crippen LogP contribution in [0.15, 0.2) is 30.3 Å². The van der Waals surface area contributed by atoms with Crippen molar-refractivity contribution < 1.29 is 4.74 Å². The number of benzene rings is 1. The van der Waals surface area contributed by atoms with E-state index >= 15 is 0 Å². The first-order valence-corrected chi connectivity index (χ1v) is 6.21. The van der Waals surface area contributed by atoms with E-state index in [2.05, 4.69) is 22.3 Å². The Labute approximate surface area is 106 Å². The molecule has 18 heavy (non-hydrogen) atoms. The minimum atomic E-state index is -0.00275. The van der Waals surface area contributed by atoms with Crippen molar-refractivity contribution in [1.29, 1.82) is 0 Å². The second kappa shape index (κ2) is 4.05. The third-order valence-corrected chi connectivity index (χ3v) is 3.94. The van der Waals surface area contributed by atoms with Crippen LogP contribution in [0.5, 0.6) is 5.75 Å². The molecule has 1 fully saturated rings. The van der Waals surface area contributed by atoms with E-state index in [1.165, 1.54) is 12.0 Å². The van der Waals surface area contributed by atoms with E-state index in [4.69, 9.17) is 10.5 Å². The molecular weight excluding hydrogens is 226 g/mol. The van der Waals surface area contributed by atoms with Gasteiger partial charge in [-0.1, -0.05) is 24.6 Å². The Morgan fingerprint density at radius 1 is 1.33 bits per heavy atom. The highest BCUT2D eigenvalue weighted by Gasteiger charge is 2.43. The molecular formula is C14H17N3O. The summed E-state index contributed by atoms with van der Waals surface area (Å²) >= 11 is 0. The van der Waals surface area contributed by atoms with Gasteiger partial charge >= 0.3 is 0 Å². The number of anilines is 1. The van der Waals surface area contributed by atoms with Gasteiger partial charge in [-0.2, -0.15) is 5.10 Å². The van der Waals surface area contributed by atoms with E-state index in [1.807, 2.05) is 18.2 Å². The highest BCUT2D eigenvalue weighted by molar-refractivity contribution is 5.48. The van der Waals surface area contributed by atoms with Gasteiger partial charge in [0.25, 0.3) is 0 Å². The molecule has 94 valence electrons. The predicted octanol–water partition coefficient (Wildman–Crippen LogP) is 2.47. The van der Waals surface area contributed by atoms with Gasteiger partial charge in [0.2, 0.25) is 0 Å². The number of ether oxygens (including phenoxy) is 1. The van der Waals surface area contributed by atoms with Crippen LogP contribution in [0.3, 0.4) is 0 Å². The number of methoxy groups -OCH3 is 1. The van der Waals surface area contributed by atoms with Gasteiger partial charge in [0, 0.05) is 22.7 Å². The molecule has 0 radical (unpaired) electrons. The molecule has 1 aliphatic carbocycles. The summed E-state index contributed by atoms with van der Waals surface area (Å²) < 4.78 is 5.49. The molecule has 1 heterocycles. The monoisotopic (exact) mass is 243 g/mol. The third kappa shape index (κ3) is 1.49. The van der Waals surface area contributed by atoms with Gasteiger partial charge in [0.1, 0.15) is 11.6 Å². The number of aromatic nitrogens is 2. The van der Waals surface area contributed by atoms with Gasteiger partial charge in [-0.3, -0.25) is 5.10 Å². The standard InChI is InChI=1S/C14H17N3O/c1-18-11-6-3-2-5-10(11)14(7-4-8-14)12-9-13(15)17-16-12/h2-3,5-6,9H,4,7-8H2,1H3,(H3,15,16,17). The smallest absolute Gasteiger partial charge is 0.145 e. The maximum atomic E-state index is 5.73. The van der Waals surface area contributed by atoms with Crippen LogP contribution >= 0.6 is 0 Å². The summed E-state index contributed by atoms with van der Waals surface area (Å²) in [6, 6.07) is 10.1. The molecule has 0 spiro atoms. The minimum Gasteiger partial charge on any atom is -0.496 e. The number of hydrogen-bond acceptors (Lipinski definition) is 3. The molecule has 1 aromatic heterocycles. The number of hydrogen-bond donors (Lipinski definition) is 2. The van der Waals surface area contributed by atoms with Crippen LogP contribution in [0.25, 0.3) is 0 Å². The zero-order valence-corrected chi connectivity index (χ0v) is 10.4. The highest BCUT2D eigenvalue weighted by atomic mass is 16.5. The van der Waals surface area contributed by atoms with Crippen molar-refractivity contribution >= 4 is 5.82 Å². The molecule has 0 atom stereocenters. The summed E-state index contributed by atoms with van der Waals surface area (Å²) in [5, 5.41) is 7.12. The van der Waals surface area contributed by atoms with Gasteiger partial charge in [-0.05, 0) is 18.9 Å². The maximum Gasteiger partial charge on any atom is 0.145 e. The Bertz CT molecular complexity index is 558. The second-order valence-electron chi connectivity index (χ2n) is 4.84. The Morgan fingerprint density at radius 3 is 2.67 bits per heavy atom. The van der Waals surface area contributed by atoms with Crippen LogP contribution in [-0.4, -0.2) is 17.3 Å². The van der Waals surface area contributed by atoms with Gasteiger partial charge in [0.05, 0.1) is 7.11 Å². The Hall–Kier alpha value is -1.97. The molecule has 4 nitrogen and oxygen atoms in total. The first-order chi connectivity index (χ1) is 8.76. The molecule has 1 aromatic carbocycles. The Morgan fingerprint density at radius 2 is 2.11 bits per heavy atom. The van der Waals surface area contributed by atoms with E-state index in [1.54, 1.807) is 7.11 Å². The summed E-state index contributed by atoms with van der Waals surface area (Å²) in [6.07, 6.45) is 3.43. The van der Waals surface area contributed by atoms with E-state index in [9.17, 15) is 0 Å². The lowest BCUT2D eigenvalue weighted by atomic mass is 9.62. The summed E-state index contributed by atoms with van der Waals surface area (Å²) in [5.74, 6) is 1.48. The molecule has 0 aliphatic heterocycles. The number of nitrogen functional groups attached to an aromatic ring is 1. The molecule has 0 unspecified atom stereocenters. The number of nitrogens with zero attached hydrogens (tertiary/aromatic N) is 1. The van der Waals surface area contributed by atoms with Crippen molar-refractivity contribution in [2.24, 2.45) is 0 Å². The zero-order valence-electron chi connectivity index (χ0n) is 10.4. The topological polar surface area (TPSA) is 63.9 Å². The van der Waals surface area contributed by atoms with Gasteiger partial charge in [0.15, 0.2) is 0 Å².